The molecule has 1 saturated heterocycles. The van der Waals surface area contributed by atoms with Gasteiger partial charge in [-0.3, -0.25) is 9.78 Å². The lowest BCUT2D eigenvalue weighted by atomic mass is 10.1. The molecular weight excluding hydrogens is 380 g/mol. The van der Waals surface area contributed by atoms with Crippen molar-refractivity contribution in [3.8, 4) is 0 Å². The zero-order chi connectivity index (χ0) is 19.9. The summed E-state index contributed by atoms with van der Waals surface area (Å²) in [7, 11) is 0. The number of rotatable bonds is 6. The van der Waals surface area contributed by atoms with Crippen molar-refractivity contribution in [1.29, 1.82) is 0 Å². The Labute approximate surface area is 175 Å². The number of hydrogen-bond donors (Lipinski definition) is 1. The largest absolute Gasteiger partial charge is 0.381 e. The minimum absolute atomic E-state index is 0.146. The fourth-order valence-electron chi connectivity index (χ4n) is 3.41. The van der Waals surface area contributed by atoms with E-state index in [2.05, 4.69) is 22.4 Å². The number of hydrogen-bond acceptors (Lipinski definition) is 4. The number of nitrogens with one attached hydrogen (secondary N) is 1. The third-order valence-electron chi connectivity index (χ3n) is 4.93. The predicted molar refractivity (Wildman–Crippen MR) is 121 cm³/mol. The normalized spacial score (nSPS) is 15.0. The lowest BCUT2D eigenvalue weighted by Crippen LogP contribution is -2.17. The number of nitrogens with zero attached hydrogens (tertiary/aromatic N) is 1. The van der Waals surface area contributed by atoms with E-state index in [9.17, 15) is 4.79 Å². The first kappa shape index (κ1) is 19.7. The number of anilines is 1. The summed E-state index contributed by atoms with van der Waals surface area (Å²) < 4.78 is 5.42. The number of carbonyl (C=O) groups is 1. The van der Waals surface area contributed by atoms with Crippen LogP contribution >= 0.6 is 11.8 Å². The average molecular weight is 405 g/mol. The summed E-state index contributed by atoms with van der Waals surface area (Å²) in [5.41, 5.74) is 3.87. The molecule has 1 aromatic heterocycles. The molecule has 4 rings (SSSR count). The van der Waals surface area contributed by atoms with Gasteiger partial charge in [-0.25, -0.2) is 0 Å². The molecule has 29 heavy (non-hydrogen) atoms. The maximum Gasteiger partial charge on any atom is 0.248 e. The average Bonchev–Trinajstić information content (AvgIpc) is 2.77. The number of fused-ring (bicyclic) bond motifs is 1. The van der Waals surface area contributed by atoms with Gasteiger partial charge in [-0.15, -0.1) is 0 Å². The van der Waals surface area contributed by atoms with Crippen molar-refractivity contribution < 1.29 is 9.53 Å². The molecular formula is C24H24N2O2S. The molecule has 0 aliphatic carbocycles. The Hall–Kier alpha value is -2.63. The van der Waals surface area contributed by atoms with Gasteiger partial charge in [0, 0.05) is 53.1 Å². The van der Waals surface area contributed by atoms with Crippen molar-refractivity contribution in [3.05, 3.63) is 78.0 Å². The summed E-state index contributed by atoms with van der Waals surface area (Å²) in [5.74, 6) is 0.804. The van der Waals surface area contributed by atoms with Gasteiger partial charge in [0.05, 0.1) is 5.52 Å². The first-order chi connectivity index (χ1) is 14.3. The number of amides is 1. The molecule has 0 saturated carbocycles. The van der Waals surface area contributed by atoms with Gasteiger partial charge in [0.1, 0.15) is 0 Å². The monoisotopic (exact) mass is 404 g/mol. The van der Waals surface area contributed by atoms with Crippen LogP contribution in [0.2, 0.25) is 0 Å². The second-order valence-corrected chi connectivity index (χ2v) is 8.36. The van der Waals surface area contributed by atoms with Crippen molar-refractivity contribution in [1.82, 2.24) is 4.98 Å². The van der Waals surface area contributed by atoms with E-state index in [0.29, 0.717) is 5.25 Å². The summed E-state index contributed by atoms with van der Waals surface area (Å²) in [6, 6.07) is 18.0. The highest BCUT2D eigenvalue weighted by Crippen LogP contribution is 2.26. The topological polar surface area (TPSA) is 51.2 Å². The van der Waals surface area contributed by atoms with Gasteiger partial charge in [0.15, 0.2) is 0 Å². The van der Waals surface area contributed by atoms with Gasteiger partial charge in [0.25, 0.3) is 0 Å². The summed E-state index contributed by atoms with van der Waals surface area (Å²) in [4.78, 5) is 16.8. The Morgan fingerprint density at radius 2 is 1.97 bits per heavy atom. The highest BCUT2D eigenvalue weighted by Gasteiger charge is 2.14. The van der Waals surface area contributed by atoms with Crippen LogP contribution in [0.1, 0.15) is 24.0 Å². The van der Waals surface area contributed by atoms with E-state index >= 15 is 0 Å². The molecule has 1 aliphatic heterocycles. The zero-order valence-electron chi connectivity index (χ0n) is 16.2. The molecule has 1 N–H and O–H groups in total. The van der Waals surface area contributed by atoms with Crippen LogP contribution in [0.25, 0.3) is 17.0 Å². The van der Waals surface area contributed by atoms with Gasteiger partial charge < -0.3 is 10.1 Å². The fraction of sp³-hybridized carbons (Fsp3) is 0.250. The van der Waals surface area contributed by atoms with Crippen LogP contribution < -0.4 is 5.32 Å². The van der Waals surface area contributed by atoms with Gasteiger partial charge in [0.2, 0.25) is 5.91 Å². The summed E-state index contributed by atoms with van der Waals surface area (Å²) in [6.45, 7) is 1.73. The van der Waals surface area contributed by atoms with E-state index in [0.717, 1.165) is 54.0 Å². The molecule has 0 bridgehead atoms. The van der Waals surface area contributed by atoms with Crippen LogP contribution in [0.3, 0.4) is 0 Å². The van der Waals surface area contributed by atoms with Crippen molar-refractivity contribution >= 4 is 40.3 Å². The van der Waals surface area contributed by atoms with E-state index in [1.54, 1.807) is 12.3 Å². The lowest BCUT2D eigenvalue weighted by molar-refractivity contribution is -0.111. The molecule has 0 spiro atoms. The Balaban J connectivity index is 1.37. The van der Waals surface area contributed by atoms with Crippen molar-refractivity contribution in [2.45, 2.75) is 23.8 Å². The maximum atomic E-state index is 12.4. The number of ether oxygens (including phenoxy) is 1. The van der Waals surface area contributed by atoms with Crippen molar-refractivity contribution in [2.24, 2.45) is 0 Å². The van der Waals surface area contributed by atoms with Crippen LogP contribution in [0.5, 0.6) is 0 Å². The number of thioether (sulfide) groups is 1. The second-order valence-electron chi connectivity index (χ2n) is 7.07. The lowest BCUT2D eigenvalue weighted by Gasteiger charge is -2.21. The highest BCUT2D eigenvalue weighted by molar-refractivity contribution is 7.99. The molecule has 0 unspecified atom stereocenters. The third-order valence-corrected chi connectivity index (χ3v) is 6.37. The first-order valence-corrected chi connectivity index (χ1v) is 10.9. The molecule has 148 valence electrons. The van der Waals surface area contributed by atoms with Gasteiger partial charge in [-0.1, -0.05) is 36.4 Å². The van der Waals surface area contributed by atoms with Crippen molar-refractivity contribution in [3.63, 3.8) is 0 Å². The van der Waals surface area contributed by atoms with Crippen LogP contribution in [-0.2, 0) is 15.3 Å². The van der Waals surface area contributed by atoms with E-state index in [1.807, 2.05) is 60.3 Å². The van der Waals surface area contributed by atoms with Crippen LogP contribution in [0, 0.1) is 0 Å². The molecule has 2 aromatic carbocycles. The third kappa shape index (κ3) is 5.46. The summed E-state index contributed by atoms with van der Waals surface area (Å²) >= 11 is 1.97. The molecule has 2 heterocycles. The molecule has 1 fully saturated rings. The standard InChI is InChI=1S/C24H24N2O2S/c27-23(10-9-20-6-2-5-19-7-3-13-25-24(19)20)26-21-8-1-4-18(16-21)17-29-22-11-14-28-15-12-22/h1-10,13,16,22H,11-12,14-15,17H2,(H,26,27)/b10-9+. The zero-order valence-corrected chi connectivity index (χ0v) is 17.0. The predicted octanol–water partition coefficient (Wildman–Crippen LogP) is 5.30. The number of benzene rings is 2. The Morgan fingerprint density at radius 3 is 2.86 bits per heavy atom. The van der Waals surface area contributed by atoms with Gasteiger partial charge in [-0.2, -0.15) is 11.8 Å². The molecule has 1 amide bonds. The number of aromatic nitrogens is 1. The first-order valence-electron chi connectivity index (χ1n) is 9.89. The quantitative estimate of drug-likeness (QED) is 0.567. The van der Waals surface area contributed by atoms with Crippen molar-refractivity contribution in [2.75, 3.05) is 18.5 Å². The Bertz CT molecular complexity index is 1010. The van der Waals surface area contributed by atoms with E-state index < -0.39 is 0 Å². The molecule has 0 atom stereocenters. The number of pyridine rings is 1. The second kappa shape index (κ2) is 9.72. The van der Waals surface area contributed by atoms with Crippen LogP contribution in [-0.4, -0.2) is 29.4 Å². The van der Waals surface area contributed by atoms with Gasteiger partial charge in [-0.05, 0) is 42.7 Å². The number of carbonyl (C=O) groups excluding carboxylic acids is 1. The number of para-hydroxylation sites is 1. The fourth-order valence-corrected chi connectivity index (χ4v) is 4.54. The molecule has 4 nitrogen and oxygen atoms in total. The molecule has 1 aliphatic rings. The van der Waals surface area contributed by atoms with Gasteiger partial charge >= 0.3 is 0 Å². The van der Waals surface area contributed by atoms with E-state index in [4.69, 9.17) is 4.74 Å². The minimum Gasteiger partial charge on any atom is -0.381 e. The highest BCUT2D eigenvalue weighted by atomic mass is 32.2. The Kier molecular flexibility index (Phi) is 6.60. The van der Waals surface area contributed by atoms with Crippen LogP contribution in [0.15, 0.2) is 66.9 Å². The molecule has 5 heteroatoms. The van der Waals surface area contributed by atoms with E-state index in [-0.39, 0.29) is 5.91 Å². The van der Waals surface area contributed by atoms with E-state index in [1.165, 1.54) is 5.56 Å². The molecule has 0 radical (unpaired) electrons. The smallest absolute Gasteiger partial charge is 0.248 e. The SMILES string of the molecule is O=C(/C=C/c1cccc2cccnc12)Nc1cccc(CSC2CCOCC2)c1. The maximum absolute atomic E-state index is 12.4. The van der Waals surface area contributed by atoms with Crippen LogP contribution in [0.4, 0.5) is 5.69 Å². The summed E-state index contributed by atoms with van der Waals surface area (Å²) in [6.07, 6.45) is 7.38. The molecule has 3 aromatic rings. The minimum atomic E-state index is -0.146. The summed E-state index contributed by atoms with van der Waals surface area (Å²) in [5, 5.41) is 4.69. The Morgan fingerprint density at radius 1 is 1.14 bits per heavy atom.